The molecule has 2 rings (SSSR count). The predicted molar refractivity (Wildman–Crippen MR) is 54.5 cm³/mol. The lowest BCUT2D eigenvalue weighted by atomic mass is 10.4. The number of hydrogen-bond donors (Lipinski definition) is 1. The molecular weight excluding hydrogens is 194 g/mol. The number of aromatic nitrogens is 2. The van der Waals surface area contributed by atoms with Crippen molar-refractivity contribution in [2.24, 2.45) is 0 Å². The van der Waals surface area contributed by atoms with Crippen LogP contribution >= 0.6 is 0 Å². The predicted octanol–water partition coefficient (Wildman–Crippen LogP) is 1.07. The molecule has 0 aliphatic heterocycles. The van der Waals surface area contributed by atoms with Gasteiger partial charge < -0.3 is 14.6 Å². The second kappa shape index (κ2) is 5.23. The average Bonchev–Trinajstić information content (AvgIpc) is 2.99. The highest BCUT2D eigenvalue weighted by atomic mass is 16.5. The zero-order chi connectivity index (χ0) is 10.5. The average molecular weight is 211 g/mol. The van der Waals surface area contributed by atoms with Crippen molar-refractivity contribution >= 4 is 0 Å². The van der Waals surface area contributed by atoms with Gasteiger partial charge in [-0.15, -0.1) is 0 Å². The molecule has 1 aromatic rings. The van der Waals surface area contributed by atoms with Crippen molar-refractivity contribution < 1.29 is 9.26 Å². The summed E-state index contributed by atoms with van der Waals surface area (Å²) in [5.74, 6) is 1.98. The quantitative estimate of drug-likeness (QED) is 0.684. The fourth-order valence-electron chi connectivity index (χ4n) is 1.31. The minimum absolute atomic E-state index is 0.422. The molecule has 1 aliphatic rings. The van der Waals surface area contributed by atoms with E-state index in [2.05, 4.69) is 22.4 Å². The third-order valence-electron chi connectivity index (χ3n) is 2.33. The zero-order valence-corrected chi connectivity index (χ0v) is 9.03. The van der Waals surface area contributed by atoms with Gasteiger partial charge in [0.15, 0.2) is 5.82 Å². The number of likely N-dealkylation sites (N-methyl/N-ethyl adjacent to an activating group) is 1. The Bertz CT molecular complexity index is 297. The molecule has 15 heavy (non-hydrogen) atoms. The van der Waals surface area contributed by atoms with E-state index in [1.54, 1.807) is 0 Å². The molecule has 1 aromatic heterocycles. The Hall–Kier alpha value is -0.940. The van der Waals surface area contributed by atoms with Gasteiger partial charge in [0.05, 0.1) is 6.61 Å². The van der Waals surface area contributed by atoms with Crippen molar-refractivity contribution in [2.45, 2.75) is 32.3 Å². The van der Waals surface area contributed by atoms with Gasteiger partial charge in [-0.3, -0.25) is 0 Å². The van der Waals surface area contributed by atoms with Crippen LogP contribution in [0.2, 0.25) is 0 Å². The fourth-order valence-corrected chi connectivity index (χ4v) is 1.31. The summed E-state index contributed by atoms with van der Waals surface area (Å²) in [5.41, 5.74) is 0. The van der Waals surface area contributed by atoms with E-state index in [0.29, 0.717) is 25.0 Å². The maximum atomic E-state index is 5.38. The second-order valence-electron chi connectivity index (χ2n) is 3.73. The fraction of sp³-hybridized carbons (Fsp3) is 0.800. The molecule has 0 atom stereocenters. The Balaban J connectivity index is 1.64. The molecule has 0 radical (unpaired) electrons. The number of rotatable bonds is 7. The van der Waals surface area contributed by atoms with E-state index in [0.717, 1.165) is 18.9 Å². The molecule has 1 N–H and O–H groups in total. The first-order chi connectivity index (χ1) is 7.40. The van der Waals surface area contributed by atoms with E-state index in [-0.39, 0.29) is 0 Å². The third-order valence-corrected chi connectivity index (χ3v) is 2.33. The van der Waals surface area contributed by atoms with Gasteiger partial charge in [-0.2, -0.15) is 4.98 Å². The van der Waals surface area contributed by atoms with E-state index in [1.807, 2.05) is 0 Å². The van der Waals surface area contributed by atoms with Crippen molar-refractivity contribution in [1.82, 2.24) is 15.5 Å². The lowest BCUT2D eigenvalue weighted by Gasteiger charge is -2.00. The molecule has 0 spiro atoms. The van der Waals surface area contributed by atoms with E-state index in [4.69, 9.17) is 9.26 Å². The maximum Gasteiger partial charge on any atom is 0.252 e. The molecule has 1 aliphatic carbocycles. The van der Waals surface area contributed by atoms with Gasteiger partial charge in [-0.1, -0.05) is 12.1 Å². The molecule has 0 bridgehead atoms. The largest absolute Gasteiger partial charge is 0.370 e. The van der Waals surface area contributed by atoms with Gasteiger partial charge in [0.25, 0.3) is 5.89 Å². The highest BCUT2D eigenvalue weighted by molar-refractivity contribution is 5.02. The first-order valence-electron chi connectivity index (χ1n) is 5.51. The summed E-state index contributed by atoms with van der Waals surface area (Å²) in [6, 6.07) is 0. The maximum absolute atomic E-state index is 5.38. The zero-order valence-electron chi connectivity index (χ0n) is 9.03. The first kappa shape index (κ1) is 10.6. The molecule has 0 amide bonds. The Morgan fingerprint density at radius 2 is 2.40 bits per heavy atom. The molecule has 0 unspecified atom stereocenters. The van der Waals surface area contributed by atoms with Crippen molar-refractivity contribution in [2.75, 3.05) is 19.7 Å². The van der Waals surface area contributed by atoms with Gasteiger partial charge in [-0.05, 0) is 19.4 Å². The van der Waals surface area contributed by atoms with Crippen LogP contribution in [0.3, 0.4) is 0 Å². The lowest BCUT2D eigenvalue weighted by Crippen LogP contribution is -2.18. The van der Waals surface area contributed by atoms with Gasteiger partial charge in [0.1, 0.15) is 6.61 Å². The number of ether oxygens (including phenoxy) is 1. The Labute approximate surface area is 89.2 Å². The van der Waals surface area contributed by atoms with E-state index in [1.165, 1.54) is 12.8 Å². The second-order valence-corrected chi connectivity index (χ2v) is 3.73. The van der Waals surface area contributed by atoms with Crippen LogP contribution in [0.15, 0.2) is 4.52 Å². The van der Waals surface area contributed by atoms with Crippen LogP contribution in [0.1, 0.15) is 37.4 Å². The summed E-state index contributed by atoms with van der Waals surface area (Å²) in [6.07, 6.45) is 2.39. The molecule has 5 heteroatoms. The van der Waals surface area contributed by atoms with E-state index in [9.17, 15) is 0 Å². The van der Waals surface area contributed by atoms with Crippen molar-refractivity contribution in [1.29, 1.82) is 0 Å². The topological polar surface area (TPSA) is 60.2 Å². The van der Waals surface area contributed by atoms with E-state index < -0.39 is 0 Å². The van der Waals surface area contributed by atoms with Gasteiger partial charge in [-0.25, -0.2) is 0 Å². The molecule has 1 heterocycles. The van der Waals surface area contributed by atoms with Crippen molar-refractivity contribution in [3.05, 3.63) is 11.7 Å². The molecule has 0 aromatic carbocycles. The summed E-state index contributed by atoms with van der Waals surface area (Å²) in [7, 11) is 0. The number of nitrogens with one attached hydrogen (secondary N) is 1. The van der Waals surface area contributed by atoms with Crippen LogP contribution in [0.25, 0.3) is 0 Å². The minimum atomic E-state index is 0.422. The van der Waals surface area contributed by atoms with Crippen LogP contribution < -0.4 is 5.32 Å². The summed E-state index contributed by atoms with van der Waals surface area (Å²) in [4.78, 5) is 4.27. The van der Waals surface area contributed by atoms with Gasteiger partial charge >= 0.3 is 0 Å². The van der Waals surface area contributed by atoms with E-state index >= 15 is 0 Å². The van der Waals surface area contributed by atoms with Crippen molar-refractivity contribution in [3.63, 3.8) is 0 Å². The third kappa shape index (κ3) is 3.28. The Kier molecular flexibility index (Phi) is 3.69. The minimum Gasteiger partial charge on any atom is -0.370 e. The highest BCUT2D eigenvalue weighted by Crippen LogP contribution is 2.38. The van der Waals surface area contributed by atoms with Crippen LogP contribution in [-0.4, -0.2) is 29.8 Å². The van der Waals surface area contributed by atoms with Crippen LogP contribution in [0, 0.1) is 0 Å². The first-order valence-corrected chi connectivity index (χ1v) is 5.51. The summed E-state index contributed by atoms with van der Waals surface area (Å²) in [5, 5.41) is 7.09. The van der Waals surface area contributed by atoms with Crippen LogP contribution in [0.5, 0.6) is 0 Å². The SMILES string of the molecule is CCNCCOCc1nc(C2CC2)no1. The summed E-state index contributed by atoms with van der Waals surface area (Å²) >= 11 is 0. The molecule has 84 valence electrons. The van der Waals surface area contributed by atoms with Gasteiger partial charge in [0.2, 0.25) is 0 Å². The number of nitrogens with zero attached hydrogens (tertiary/aromatic N) is 2. The van der Waals surface area contributed by atoms with Crippen LogP contribution in [0.4, 0.5) is 0 Å². The Morgan fingerprint density at radius 3 is 3.13 bits per heavy atom. The molecule has 1 fully saturated rings. The molecule has 0 saturated heterocycles. The summed E-state index contributed by atoms with van der Waals surface area (Å²) in [6.45, 7) is 5.00. The monoisotopic (exact) mass is 211 g/mol. The molecular formula is C10H17N3O2. The van der Waals surface area contributed by atoms with Gasteiger partial charge in [0, 0.05) is 12.5 Å². The van der Waals surface area contributed by atoms with Crippen molar-refractivity contribution in [3.8, 4) is 0 Å². The Morgan fingerprint density at radius 1 is 1.53 bits per heavy atom. The molecule has 5 nitrogen and oxygen atoms in total. The standard InChI is InChI=1S/C10H17N3O2/c1-2-11-5-6-14-7-9-12-10(13-15-9)8-3-4-8/h8,11H,2-7H2,1H3. The summed E-state index contributed by atoms with van der Waals surface area (Å²) < 4.78 is 10.4. The normalized spacial score (nSPS) is 15.8. The van der Waals surface area contributed by atoms with Crippen LogP contribution in [-0.2, 0) is 11.3 Å². The molecule has 1 saturated carbocycles. The number of hydrogen-bond acceptors (Lipinski definition) is 5. The lowest BCUT2D eigenvalue weighted by molar-refractivity contribution is 0.0997. The highest BCUT2D eigenvalue weighted by Gasteiger charge is 2.28. The smallest absolute Gasteiger partial charge is 0.252 e.